The predicted octanol–water partition coefficient (Wildman–Crippen LogP) is 3.91. The zero-order valence-electron chi connectivity index (χ0n) is 23.6. The van der Waals surface area contributed by atoms with Gasteiger partial charge >= 0.3 is 0 Å². The molecule has 0 atom stereocenters. The van der Waals surface area contributed by atoms with E-state index in [4.69, 9.17) is 9.47 Å². The van der Waals surface area contributed by atoms with E-state index >= 15 is 0 Å². The molecule has 0 saturated carbocycles. The van der Waals surface area contributed by atoms with Crippen molar-refractivity contribution >= 4 is 38.6 Å². The van der Waals surface area contributed by atoms with Crippen molar-refractivity contribution in [2.24, 2.45) is 0 Å². The number of likely N-dealkylation sites (N-methyl/N-ethyl adjacent to an activating group) is 1. The minimum atomic E-state index is -3.93. The number of hydrogen-bond acceptors (Lipinski definition) is 9. The number of ether oxygens (including phenoxy) is 2. The number of benzene rings is 2. The molecule has 1 fully saturated rings. The molecule has 11 nitrogen and oxygen atoms in total. The standard InChI is InChI=1S/C29H34N6O5S/c1-5-39-25-19-21(28(36)34-17-15-33(4)16-18-34)9-12-24(25)30-29-31-26-23(27(32-29)40-6-2)13-14-35(26)41(37,38)22-10-7-20(3)8-11-22/h7-14,19H,5-6,15-18H2,1-4H3,(H,30,31,32). The number of nitrogens with zero attached hydrogens (tertiary/aromatic N) is 5. The molecule has 41 heavy (non-hydrogen) atoms. The van der Waals surface area contributed by atoms with Crippen LogP contribution in [0.5, 0.6) is 11.6 Å². The molecule has 0 radical (unpaired) electrons. The Morgan fingerprint density at radius 3 is 2.34 bits per heavy atom. The number of carbonyl (C=O) groups excluding carboxylic acids is 1. The Balaban J connectivity index is 1.51. The number of fused-ring (bicyclic) bond motifs is 1. The molecule has 0 aliphatic carbocycles. The lowest BCUT2D eigenvalue weighted by Crippen LogP contribution is -2.47. The summed E-state index contributed by atoms with van der Waals surface area (Å²) in [7, 11) is -1.89. The van der Waals surface area contributed by atoms with Crippen LogP contribution in [-0.4, -0.2) is 84.5 Å². The van der Waals surface area contributed by atoms with Crippen LogP contribution in [0, 0.1) is 6.92 Å². The number of nitrogens with one attached hydrogen (secondary N) is 1. The zero-order chi connectivity index (χ0) is 29.1. The number of piperazine rings is 1. The lowest BCUT2D eigenvalue weighted by atomic mass is 10.1. The van der Waals surface area contributed by atoms with Crippen molar-refractivity contribution in [2.75, 3.05) is 51.8 Å². The largest absolute Gasteiger partial charge is 0.492 e. The quantitative estimate of drug-likeness (QED) is 0.315. The fourth-order valence-corrected chi connectivity index (χ4v) is 5.93. The maximum atomic E-state index is 13.5. The van der Waals surface area contributed by atoms with Crippen molar-refractivity contribution in [3.63, 3.8) is 0 Å². The Morgan fingerprint density at radius 2 is 1.66 bits per heavy atom. The van der Waals surface area contributed by atoms with Crippen LogP contribution in [0.4, 0.5) is 11.6 Å². The van der Waals surface area contributed by atoms with Crippen molar-refractivity contribution in [2.45, 2.75) is 25.7 Å². The molecule has 216 valence electrons. The molecule has 0 spiro atoms. The maximum Gasteiger partial charge on any atom is 0.269 e. The molecule has 12 heteroatoms. The van der Waals surface area contributed by atoms with Gasteiger partial charge in [-0.3, -0.25) is 4.79 Å². The lowest BCUT2D eigenvalue weighted by molar-refractivity contribution is 0.0663. The molecule has 4 aromatic rings. The third-order valence-corrected chi connectivity index (χ3v) is 8.58. The Bertz CT molecular complexity index is 1660. The first kappa shape index (κ1) is 28.4. The first-order chi connectivity index (χ1) is 19.7. The van der Waals surface area contributed by atoms with Gasteiger partial charge in [0.05, 0.1) is 29.2 Å². The van der Waals surface area contributed by atoms with E-state index in [0.29, 0.717) is 48.7 Å². The van der Waals surface area contributed by atoms with E-state index in [2.05, 4.69) is 20.2 Å². The molecular weight excluding hydrogens is 544 g/mol. The molecule has 1 N–H and O–H groups in total. The topological polar surface area (TPSA) is 119 Å². The van der Waals surface area contributed by atoms with Crippen molar-refractivity contribution in [3.8, 4) is 11.6 Å². The minimum absolute atomic E-state index is 0.0546. The maximum absolute atomic E-state index is 13.5. The van der Waals surface area contributed by atoms with Crippen LogP contribution >= 0.6 is 0 Å². The second-order valence-electron chi connectivity index (χ2n) is 9.82. The normalized spacial score (nSPS) is 14.3. The van der Waals surface area contributed by atoms with E-state index < -0.39 is 10.0 Å². The fraction of sp³-hybridized carbons (Fsp3) is 0.345. The van der Waals surface area contributed by atoms with Gasteiger partial charge in [-0.05, 0) is 64.2 Å². The third-order valence-electron chi connectivity index (χ3n) is 6.90. The average molecular weight is 579 g/mol. The molecule has 3 heterocycles. The van der Waals surface area contributed by atoms with Crippen LogP contribution < -0.4 is 14.8 Å². The zero-order valence-corrected chi connectivity index (χ0v) is 24.4. The molecule has 1 aliphatic rings. The number of aromatic nitrogens is 3. The monoisotopic (exact) mass is 578 g/mol. The summed E-state index contributed by atoms with van der Waals surface area (Å²) in [6, 6.07) is 13.4. The number of aryl methyl sites for hydroxylation is 1. The van der Waals surface area contributed by atoms with E-state index in [9.17, 15) is 13.2 Å². The molecule has 2 aromatic heterocycles. The number of anilines is 2. The minimum Gasteiger partial charge on any atom is -0.492 e. The van der Waals surface area contributed by atoms with E-state index in [1.165, 1.54) is 6.20 Å². The molecule has 0 unspecified atom stereocenters. The van der Waals surface area contributed by atoms with Crippen molar-refractivity contribution in [1.82, 2.24) is 23.7 Å². The lowest BCUT2D eigenvalue weighted by Gasteiger charge is -2.32. The Labute approximate surface area is 239 Å². The molecule has 5 rings (SSSR count). The molecule has 1 amide bonds. The summed E-state index contributed by atoms with van der Waals surface area (Å²) in [5.74, 6) is 0.773. The highest BCUT2D eigenvalue weighted by atomic mass is 32.2. The first-order valence-corrected chi connectivity index (χ1v) is 15.0. The van der Waals surface area contributed by atoms with Gasteiger partial charge in [-0.15, -0.1) is 0 Å². The molecule has 1 saturated heterocycles. The summed E-state index contributed by atoms with van der Waals surface area (Å²) in [5.41, 5.74) is 2.18. The molecule has 1 aliphatic heterocycles. The number of rotatable bonds is 9. The van der Waals surface area contributed by atoms with Crippen molar-refractivity contribution in [1.29, 1.82) is 0 Å². The van der Waals surface area contributed by atoms with E-state index in [1.54, 1.807) is 48.5 Å². The van der Waals surface area contributed by atoms with Gasteiger partial charge in [-0.1, -0.05) is 17.7 Å². The van der Waals surface area contributed by atoms with Crippen LogP contribution in [0.2, 0.25) is 0 Å². The Kier molecular flexibility index (Phi) is 8.13. The van der Waals surface area contributed by atoms with Crippen LogP contribution in [0.3, 0.4) is 0 Å². The van der Waals surface area contributed by atoms with E-state index in [-0.39, 0.29) is 28.3 Å². The Hall–Kier alpha value is -4.16. The highest BCUT2D eigenvalue weighted by molar-refractivity contribution is 7.90. The SMILES string of the molecule is CCOc1cc(C(=O)N2CCN(C)CC2)ccc1Nc1nc(OCC)c2ccn(S(=O)(=O)c3ccc(C)cc3)c2n1. The molecule has 0 bridgehead atoms. The number of hydrogen-bond donors (Lipinski definition) is 1. The van der Waals surface area contributed by atoms with Crippen molar-refractivity contribution < 1.29 is 22.7 Å². The summed E-state index contributed by atoms with van der Waals surface area (Å²) in [4.78, 5) is 26.4. The molecular formula is C29H34N6O5S. The van der Waals surface area contributed by atoms with Crippen LogP contribution in [0.1, 0.15) is 29.8 Å². The van der Waals surface area contributed by atoms with Crippen LogP contribution in [0.15, 0.2) is 59.6 Å². The predicted molar refractivity (Wildman–Crippen MR) is 157 cm³/mol. The second-order valence-corrected chi connectivity index (χ2v) is 11.6. The highest BCUT2D eigenvalue weighted by Crippen LogP contribution is 2.32. The van der Waals surface area contributed by atoms with Gasteiger partial charge < -0.3 is 24.6 Å². The fourth-order valence-electron chi connectivity index (χ4n) is 4.63. The highest BCUT2D eigenvalue weighted by Gasteiger charge is 2.24. The van der Waals surface area contributed by atoms with Gasteiger partial charge in [-0.25, -0.2) is 12.4 Å². The van der Waals surface area contributed by atoms with Gasteiger partial charge in [0.15, 0.2) is 5.65 Å². The van der Waals surface area contributed by atoms with Crippen LogP contribution in [-0.2, 0) is 10.0 Å². The smallest absolute Gasteiger partial charge is 0.269 e. The second kappa shape index (κ2) is 11.8. The summed E-state index contributed by atoms with van der Waals surface area (Å²) < 4.78 is 39.8. The summed E-state index contributed by atoms with van der Waals surface area (Å²) in [6.45, 7) is 9.27. The third kappa shape index (κ3) is 5.84. The van der Waals surface area contributed by atoms with Gasteiger partial charge in [0.25, 0.3) is 15.9 Å². The van der Waals surface area contributed by atoms with Crippen LogP contribution in [0.25, 0.3) is 11.0 Å². The average Bonchev–Trinajstić information content (AvgIpc) is 3.40. The summed E-state index contributed by atoms with van der Waals surface area (Å²) >= 11 is 0. The van der Waals surface area contributed by atoms with Gasteiger partial charge in [0.2, 0.25) is 11.8 Å². The first-order valence-electron chi connectivity index (χ1n) is 13.6. The number of amides is 1. The Morgan fingerprint density at radius 1 is 0.951 bits per heavy atom. The van der Waals surface area contributed by atoms with Gasteiger partial charge in [0, 0.05) is 37.9 Å². The summed E-state index contributed by atoms with van der Waals surface area (Å²) in [5, 5.41) is 3.61. The molecule has 2 aromatic carbocycles. The van der Waals surface area contributed by atoms with Gasteiger partial charge in [-0.2, -0.15) is 9.97 Å². The number of carbonyl (C=O) groups is 1. The van der Waals surface area contributed by atoms with Crippen molar-refractivity contribution in [3.05, 3.63) is 65.9 Å². The summed E-state index contributed by atoms with van der Waals surface area (Å²) in [6.07, 6.45) is 1.45. The van der Waals surface area contributed by atoms with E-state index in [0.717, 1.165) is 22.6 Å². The van der Waals surface area contributed by atoms with Gasteiger partial charge in [0.1, 0.15) is 5.75 Å². The van der Waals surface area contributed by atoms with E-state index in [1.807, 2.05) is 32.7 Å².